The van der Waals surface area contributed by atoms with Crippen LogP contribution in [0.2, 0.25) is 0 Å². The van der Waals surface area contributed by atoms with Crippen molar-refractivity contribution in [1.82, 2.24) is 10.2 Å². The molecule has 9 heteroatoms. The van der Waals surface area contributed by atoms with E-state index >= 15 is 0 Å². The van der Waals surface area contributed by atoms with Gasteiger partial charge in [0.05, 0.1) is 0 Å². The van der Waals surface area contributed by atoms with Crippen LogP contribution in [0.5, 0.6) is 11.5 Å². The number of hydrogen-bond acceptors (Lipinski definition) is 8. The van der Waals surface area contributed by atoms with Gasteiger partial charge in [-0.3, -0.25) is 10.1 Å². The Bertz CT molecular complexity index is 1210. The molecule has 0 unspecified atom stereocenters. The largest absolute Gasteiger partial charge is 0.490 e. The molecule has 0 atom stereocenters. The number of carbonyl (C=O) groups excluding carboxylic acids is 1. The number of benzene rings is 2. The lowest BCUT2D eigenvalue weighted by Crippen LogP contribution is -2.29. The molecule has 0 saturated carbocycles. The number of piperidine rings is 1. The van der Waals surface area contributed by atoms with Crippen molar-refractivity contribution >= 4 is 33.6 Å². The van der Waals surface area contributed by atoms with Crippen LogP contribution in [0.1, 0.15) is 30.4 Å². The summed E-state index contributed by atoms with van der Waals surface area (Å²) in [5, 5.41) is 21.6. The predicted molar refractivity (Wildman–Crippen MR) is 137 cm³/mol. The molecule has 1 aliphatic rings. The number of aromatic nitrogens is 2. The quantitative estimate of drug-likeness (QED) is 0.261. The van der Waals surface area contributed by atoms with Crippen LogP contribution in [-0.2, 0) is 4.79 Å². The van der Waals surface area contributed by atoms with Gasteiger partial charge in [-0.1, -0.05) is 41.7 Å². The molecule has 3 aromatic rings. The molecule has 1 amide bonds. The molecule has 0 radical (unpaired) electrons. The van der Waals surface area contributed by atoms with Crippen LogP contribution in [0.3, 0.4) is 0 Å². The number of aryl methyl sites for hydroxylation is 1. The Morgan fingerprint density at radius 1 is 1.09 bits per heavy atom. The first-order valence-electron chi connectivity index (χ1n) is 11.6. The standard InChI is InChI=1S/C26H27N5O3S/c1-19-7-3-4-8-23(19)34-16-15-33-22-11-9-20(10-12-22)17-21(18-27)24(32)28-25-29-30-26(35-25)31-13-5-2-6-14-31/h3-4,7-12,17H,2,5-6,13-16H2,1H3,(H,28,29,32)/b21-17-. The Balaban J connectivity index is 1.29. The van der Waals surface area contributed by atoms with Crippen molar-refractivity contribution in [3.8, 4) is 17.6 Å². The molecule has 2 aromatic carbocycles. The number of amides is 1. The van der Waals surface area contributed by atoms with E-state index in [9.17, 15) is 10.1 Å². The number of anilines is 2. The van der Waals surface area contributed by atoms with E-state index in [4.69, 9.17) is 9.47 Å². The highest BCUT2D eigenvalue weighted by Gasteiger charge is 2.17. The maximum absolute atomic E-state index is 12.6. The molecule has 35 heavy (non-hydrogen) atoms. The zero-order chi connectivity index (χ0) is 24.5. The minimum atomic E-state index is -0.512. The van der Waals surface area contributed by atoms with E-state index in [0.29, 0.717) is 29.7 Å². The lowest BCUT2D eigenvalue weighted by Gasteiger charge is -2.25. The summed E-state index contributed by atoms with van der Waals surface area (Å²) in [6, 6.07) is 17.0. The number of rotatable bonds is 9. The van der Waals surface area contributed by atoms with Crippen LogP contribution in [0.25, 0.3) is 6.08 Å². The van der Waals surface area contributed by atoms with Crippen molar-refractivity contribution in [3.63, 3.8) is 0 Å². The van der Waals surface area contributed by atoms with Gasteiger partial charge in [0.25, 0.3) is 5.91 Å². The van der Waals surface area contributed by atoms with E-state index in [1.807, 2.05) is 37.3 Å². The van der Waals surface area contributed by atoms with E-state index in [2.05, 4.69) is 20.4 Å². The third-order valence-corrected chi connectivity index (χ3v) is 6.42. The first-order chi connectivity index (χ1) is 17.1. The molecule has 1 saturated heterocycles. The Labute approximate surface area is 208 Å². The van der Waals surface area contributed by atoms with Gasteiger partial charge in [0, 0.05) is 13.1 Å². The average Bonchev–Trinajstić information content (AvgIpc) is 3.36. The van der Waals surface area contributed by atoms with E-state index in [-0.39, 0.29) is 5.57 Å². The van der Waals surface area contributed by atoms with E-state index in [1.54, 1.807) is 24.3 Å². The van der Waals surface area contributed by atoms with Gasteiger partial charge in [0.2, 0.25) is 10.3 Å². The molecule has 1 aromatic heterocycles. The van der Waals surface area contributed by atoms with Gasteiger partial charge in [-0.2, -0.15) is 5.26 Å². The number of ether oxygens (including phenoxy) is 2. The summed E-state index contributed by atoms with van der Waals surface area (Å²) in [4.78, 5) is 14.8. The minimum Gasteiger partial charge on any atom is -0.490 e. The number of nitrogens with one attached hydrogen (secondary N) is 1. The maximum atomic E-state index is 12.6. The fourth-order valence-electron chi connectivity index (χ4n) is 3.65. The second-order valence-electron chi connectivity index (χ2n) is 8.09. The molecular weight excluding hydrogens is 462 g/mol. The summed E-state index contributed by atoms with van der Waals surface area (Å²) >= 11 is 1.32. The topological polar surface area (TPSA) is 100 Å². The normalized spacial score (nSPS) is 13.7. The van der Waals surface area contributed by atoms with Crippen LogP contribution in [0, 0.1) is 18.3 Å². The number of nitrogens with zero attached hydrogens (tertiary/aromatic N) is 4. The smallest absolute Gasteiger partial charge is 0.268 e. The second-order valence-corrected chi connectivity index (χ2v) is 9.05. The van der Waals surface area contributed by atoms with Crippen LogP contribution < -0.4 is 19.7 Å². The zero-order valence-corrected chi connectivity index (χ0v) is 20.4. The summed E-state index contributed by atoms with van der Waals surface area (Å²) in [6.45, 7) is 4.72. The summed E-state index contributed by atoms with van der Waals surface area (Å²) < 4.78 is 11.5. The van der Waals surface area contributed by atoms with E-state index in [0.717, 1.165) is 42.4 Å². The molecule has 180 valence electrons. The molecule has 1 fully saturated rings. The highest BCUT2D eigenvalue weighted by molar-refractivity contribution is 7.19. The van der Waals surface area contributed by atoms with Crippen LogP contribution >= 0.6 is 11.3 Å². The third kappa shape index (κ3) is 6.80. The minimum absolute atomic E-state index is 0.0139. The lowest BCUT2D eigenvalue weighted by atomic mass is 10.1. The molecule has 4 rings (SSSR count). The zero-order valence-electron chi connectivity index (χ0n) is 19.6. The summed E-state index contributed by atoms with van der Waals surface area (Å²) in [5.41, 5.74) is 1.78. The van der Waals surface area contributed by atoms with Gasteiger partial charge < -0.3 is 14.4 Å². The summed E-state index contributed by atoms with van der Waals surface area (Å²) in [6.07, 6.45) is 5.03. The van der Waals surface area contributed by atoms with E-state index < -0.39 is 5.91 Å². The molecule has 0 bridgehead atoms. The second kappa shape index (κ2) is 12.0. The van der Waals surface area contributed by atoms with Crippen LogP contribution in [0.4, 0.5) is 10.3 Å². The SMILES string of the molecule is Cc1ccccc1OCCOc1ccc(/C=C(/C#N)C(=O)Nc2nnc(N3CCCCC3)s2)cc1. The fourth-order valence-corrected chi connectivity index (χ4v) is 4.44. The molecule has 1 N–H and O–H groups in total. The van der Waals surface area contributed by atoms with Crippen molar-refractivity contribution in [2.75, 3.05) is 36.5 Å². The highest BCUT2D eigenvalue weighted by atomic mass is 32.1. The molecular formula is C26H27N5O3S. The highest BCUT2D eigenvalue weighted by Crippen LogP contribution is 2.27. The average molecular weight is 490 g/mol. The first kappa shape index (κ1) is 24.2. The first-order valence-corrected chi connectivity index (χ1v) is 12.4. The molecule has 8 nitrogen and oxygen atoms in total. The van der Waals surface area contributed by atoms with Gasteiger partial charge in [-0.15, -0.1) is 10.2 Å². The Kier molecular flexibility index (Phi) is 8.30. The number of carbonyl (C=O) groups is 1. The number of para-hydroxylation sites is 1. The van der Waals surface area contributed by atoms with Gasteiger partial charge >= 0.3 is 0 Å². The predicted octanol–water partition coefficient (Wildman–Crippen LogP) is 4.84. The monoisotopic (exact) mass is 489 g/mol. The maximum Gasteiger partial charge on any atom is 0.268 e. The van der Waals surface area contributed by atoms with E-state index in [1.165, 1.54) is 23.8 Å². The Hall–Kier alpha value is -3.90. The van der Waals surface area contributed by atoms with Crippen molar-refractivity contribution in [2.24, 2.45) is 0 Å². The summed E-state index contributed by atoms with van der Waals surface area (Å²) in [5.74, 6) is 1.01. The van der Waals surface area contributed by atoms with Gasteiger partial charge in [-0.25, -0.2) is 0 Å². The van der Waals surface area contributed by atoms with Gasteiger partial charge in [-0.05, 0) is 61.6 Å². The van der Waals surface area contributed by atoms with Crippen LogP contribution in [0.15, 0.2) is 54.1 Å². The molecule has 1 aliphatic heterocycles. The lowest BCUT2D eigenvalue weighted by molar-refractivity contribution is -0.112. The van der Waals surface area contributed by atoms with Crippen LogP contribution in [-0.4, -0.2) is 42.4 Å². The number of nitriles is 1. The molecule has 0 spiro atoms. The fraction of sp³-hybridized carbons (Fsp3) is 0.308. The summed E-state index contributed by atoms with van der Waals surface area (Å²) in [7, 11) is 0. The van der Waals surface area contributed by atoms with Gasteiger partial charge in [0.15, 0.2) is 0 Å². The van der Waals surface area contributed by atoms with Crippen molar-refractivity contribution in [2.45, 2.75) is 26.2 Å². The third-order valence-electron chi connectivity index (χ3n) is 5.52. The molecule has 2 heterocycles. The number of hydrogen-bond donors (Lipinski definition) is 1. The van der Waals surface area contributed by atoms with Gasteiger partial charge in [0.1, 0.15) is 36.4 Å². The van der Waals surface area contributed by atoms with Crippen molar-refractivity contribution in [1.29, 1.82) is 5.26 Å². The molecule has 0 aliphatic carbocycles. The van der Waals surface area contributed by atoms with Crippen molar-refractivity contribution in [3.05, 3.63) is 65.2 Å². The Morgan fingerprint density at radius 2 is 1.83 bits per heavy atom. The Morgan fingerprint density at radius 3 is 2.57 bits per heavy atom. The van der Waals surface area contributed by atoms with Crippen molar-refractivity contribution < 1.29 is 14.3 Å².